The highest BCUT2D eigenvalue weighted by Gasteiger charge is 2.69. The van der Waals surface area contributed by atoms with Crippen LogP contribution in [-0.4, -0.2) is 18.8 Å². The zero-order chi connectivity index (χ0) is 45.8. The van der Waals surface area contributed by atoms with E-state index in [1.54, 1.807) is 5.57 Å². The van der Waals surface area contributed by atoms with Crippen molar-refractivity contribution in [1.29, 1.82) is 0 Å². The van der Waals surface area contributed by atoms with E-state index in [0.717, 1.165) is 36.0 Å². The first-order chi connectivity index (χ1) is 31.8. The molecule has 0 aliphatic heterocycles. The number of rotatable bonds is 12. The molecule has 4 saturated carbocycles. The van der Waals surface area contributed by atoms with Crippen LogP contribution in [0.5, 0.6) is 0 Å². The molecule has 0 spiro atoms. The molecule has 3 nitrogen and oxygen atoms in total. The fourth-order valence-corrected chi connectivity index (χ4v) is 15.7. The quantitative estimate of drug-likeness (QED) is 0.0923. The van der Waals surface area contributed by atoms with E-state index < -0.39 is 5.60 Å². The summed E-state index contributed by atoms with van der Waals surface area (Å²) in [5, 5.41) is 0. The van der Waals surface area contributed by atoms with Crippen LogP contribution in [0.2, 0.25) is 0 Å². The Morgan fingerprint density at radius 3 is 1.53 bits per heavy atom. The minimum absolute atomic E-state index is 0.0538. The average Bonchev–Trinajstić information content (AvgIpc) is 3.33. The molecule has 1 unspecified atom stereocenters. The molecule has 0 N–H and O–H groups in total. The van der Waals surface area contributed by atoms with Crippen LogP contribution in [0.4, 0.5) is 0 Å². The van der Waals surface area contributed by atoms with Crippen LogP contribution in [0.1, 0.15) is 134 Å². The first-order valence-electron chi connectivity index (χ1n) is 25.6. The normalized spacial score (nSPS) is 34.8. The molecular weight excluding hydrogens is 805 g/mol. The Kier molecular flexibility index (Phi) is 12.0. The highest BCUT2D eigenvalue weighted by atomic mass is 16.5. The fraction of sp³-hybridized carbons (Fsp3) is 0.492. The summed E-state index contributed by atoms with van der Waals surface area (Å²) in [6.45, 7) is 20.3. The van der Waals surface area contributed by atoms with Crippen LogP contribution < -0.4 is 0 Å². The van der Waals surface area contributed by atoms with Crippen LogP contribution in [-0.2, 0) is 33.0 Å². The van der Waals surface area contributed by atoms with Crippen molar-refractivity contribution >= 4 is 0 Å². The monoisotopic (exact) mass is 881 g/mol. The summed E-state index contributed by atoms with van der Waals surface area (Å²) >= 11 is 0. The fourth-order valence-electron chi connectivity index (χ4n) is 15.7. The van der Waals surface area contributed by atoms with E-state index in [2.05, 4.69) is 206 Å². The second-order valence-corrected chi connectivity index (χ2v) is 23.6. The van der Waals surface area contributed by atoms with Gasteiger partial charge in [0.05, 0.1) is 32.0 Å². The third-order valence-corrected chi connectivity index (χ3v) is 19.6. The van der Waals surface area contributed by atoms with Gasteiger partial charge in [-0.05, 0) is 125 Å². The first kappa shape index (κ1) is 45.5. The summed E-state index contributed by atoms with van der Waals surface area (Å²) in [5.41, 5.74) is 7.51. The molecule has 5 aliphatic carbocycles. The molecular formula is C63H76O3. The Labute approximate surface area is 397 Å². The number of benzene rings is 5. The van der Waals surface area contributed by atoms with Crippen LogP contribution in [0.3, 0.4) is 0 Å². The Morgan fingerprint density at radius 2 is 1.00 bits per heavy atom. The summed E-state index contributed by atoms with van der Waals surface area (Å²) in [5.74, 6) is 1.53. The molecule has 10 rings (SSSR count). The molecule has 346 valence electrons. The molecule has 5 aromatic rings. The molecule has 0 bridgehead atoms. The Morgan fingerprint density at radius 1 is 0.500 bits per heavy atom. The molecule has 3 heteroatoms. The maximum Gasteiger partial charge on any atom is 0.143 e. The minimum Gasteiger partial charge on any atom is -0.373 e. The summed E-state index contributed by atoms with van der Waals surface area (Å²) in [6.07, 6.45) is 13.8. The van der Waals surface area contributed by atoms with Gasteiger partial charge in [-0.15, -0.1) is 0 Å². The highest BCUT2D eigenvalue weighted by molar-refractivity contribution is 5.47. The van der Waals surface area contributed by atoms with Gasteiger partial charge in [0.15, 0.2) is 0 Å². The molecule has 5 aliphatic rings. The zero-order valence-corrected chi connectivity index (χ0v) is 41.1. The summed E-state index contributed by atoms with van der Waals surface area (Å²) in [7, 11) is 0. The largest absolute Gasteiger partial charge is 0.373 e. The summed E-state index contributed by atoms with van der Waals surface area (Å²) in [4.78, 5) is 0. The van der Waals surface area contributed by atoms with E-state index in [-0.39, 0.29) is 44.7 Å². The predicted octanol–water partition coefficient (Wildman–Crippen LogP) is 15.6. The molecule has 0 aromatic heterocycles. The van der Waals surface area contributed by atoms with Crippen LogP contribution in [0, 0.1) is 50.2 Å². The summed E-state index contributed by atoms with van der Waals surface area (Å²) < 4.78 is 22.3. The minimum atomic E-state index is -0.797. The third kappa shape index (κ3) is 7.50. The number of ether oxygens (including phenoxy) is 3. The van der Waals surface area contributed by atoms with Crippen molar-refractivity contribution in [3.8, 4) is 0 Å². The highest BCUT2D eigenvalue weighted by Crippen LogP contribution is 2.76. The van der Waals surface area contributed by atoms with Crippen molar-refractivity contribution in [3.63, 3.8) is 0 Å². The number of allylic oxidation sites excluding steroid dienone is 2. The maximum absolute atomic E-state index is 7.92. The van der Waals surface area contributed by atoms with Crippen molar-refractivity contribution in [2.45, 2.75) is 137 Å². The van der Waals surface area contributed by atoms with E-state index in [9.17, 15) is 0 Å². The average molecular weight is 881 g/mol. The van der Waals surface area contributed by atoms with Crippen LogP contribution in [0.25, 0.3) is 0 Å². The standard InChI is InChI=1S/C63H76O3/c1-57(2)41-52-51-33-34-54-59(4)37-36-55(64-43-46-23-13-8-14-24-46)60(5,45-66-63(48-27-17-10-18-28-48,49-29-19-11-20-30-49)50-31-21-12-22-32-50)53(59)35-38-62(54,7)61(51,6)40-39-58(52,3)56(42-57)65-44-47-25-15-9-16-26-47/h8-33,52-56H,34-45H2,1-7H3/t52-,53?,54-,55+,56-,58-,59+,60+,61-,62-/m1/s1. The van der Waals surface area contributed by atoms with E-state index in [0.29, 0.717) is 37.6 Å². The summed E-state index contributed by atoms with van der Waals surface area (Å²) in [6, 6.07) is 54.6. The smallest absolute Gasteiger partial charge is 0.143 e. The topological polar surface area (TPSA) is 27.7 Å². The molecule has 5 aromatic carbocycles. The van der Waals surface area contributed by atoms with Gasteiger partial charge in [0.2, 0.25) is 0 Å². The predicted molar refractivity (Wildman–Crippen MR) is 270 cm³/mol. The third-order valence-electron chi connectivity index (χ3n) is 19.6. The van der Waals surface area contributed by atoms with Gasteiger partial charge in [0.25, 0.3) is 0 Å². The van der Waals surface area contributed by atoms with Crippen molar-refractivity contribution < 1.29 is 14.2 Å². The molecule has 10 atom stereocenters. The number of hydrogen-bond donors (Lipinski definition) is 0. The van der Waals surface area contributed by atoms with Crippen molar-refractivity contribution in [3.05, 3.63) is 191 Å². The van der Waals surface area contributed by atoms with E-state index in [1.165, 1.54) is 49.7 Å². The van der Waals surface area contributed by atoms with Gasteiger partial charge in [0, 0.05) is 10.8 Å². The second kappa shape index (κ2) is 17.4. The Bertz CT molecular complexity index is 2350. The van der Waals surface area contributed by atoms with E-state index in [4.69, 9.17) is 14.2 Å². The van der Waals surface area contributed by atoms with Crippen LogP contribution >= 0.6 is 0 Å². The van der Waals surface area contributed by atoms with Gasteiger partial charge < -0.3 is 14.2 Å². The van der Waals surface area contributed by atoms with Gasteiger partial charge in [-0.2, -0.15) is 0 Å². The molecule has 0 saturated heterocycles. The number of fused-ring (bicyclic) bond motifs is 7. The second-order valence-electron chi connectivity index (χ2n) is 23.6. The van der Waals surface area contributed by atoms with Gasteiger partial charge in [0.1, 0.15) is 5.60 Å². The van der Waals surface area contributed by atoms with Gasteiger partial charge in [-0.25, -0.2) is 0 Å². The lowest BCUT2D eigenvalue weighted by atomic mass is 9.33. The van der Waals surface area contributed by atoms with E-state index in [1.807, 2.05) is 0 Å². The molecule has 0 amide bonds. The molecule has 0 heterocycles. The SMILES string of the molecule is CC1(C)C[C@@H]2C3=CC[C@@H]4[C@@]5(C)CC[C@H](OCc6ccccc6)[C@@](C)(COC(c6ccccc6)(c6ccccc6)c6ccccc6)C5CC[C@@]4(C)[C@]3(C)CC[C@@]2(C)[C@H](OCc2ccccc2)C1. The van der Waals surface area contributed by atoms with Gasteiger partial charge in [-0.1, -0.05) is 212 Å². The lowest BCUT2D eigenvalue weighted by Crippen LogP contribution is -2.66. The molecule has 0 radical (unpaired) electrons. The zero-order valence-electron chi connectivity index (χ0n) is 41.1. The van der Waals surface area contributed by atoms with Crippen molar-refractivity contribution in [1.82, 2.24) is 0 Å². The van der Waals surface area contributed by atoms with Crippen molar-refractivity contribution in [2.75, 3.05) is 6.61 Å². The van der Waals surface area contributed by atoms with Crippen molar-refractivity contribution in [2.24, 2.45) is 50.2 Å². The Hall–Kier alpha value is -4.28. The maximum atomic E-state index is 7.92. The molecule has 4 fully saturated rings. The van der Waals surface area contributed by atoms with Gasteiger partial charge in [-0.3, -0.25) is 0 Å². The van der Waals surface area contributed by atoms with Crippen LogP contribution in [0.15, 0.2) is 163 Å². The first-order valence-corrected chi connectivity index (χ1v) is 25.6. The Balaban J connectivity index is 1.02. The van der Waals surface area contributed by atoms with Gasteiger partial charge >= 0.3 is 0 Å². The molecule has 66 heavy (non-hydrogen) atoms. The lowest BCUT2D eigenvalue weighted by Gasteiger charge is -2.72. The lowest BCUT2D eigenvalue weighted by molar-refractivity contribution is -0.238. The number of hydrogen-bond acceptors (Lipinski definition) is 3. The van der Waals surface area contributed by atoms with E-state index >= 15 is 0 Å².